The summed E-state index contributed by atoms with van der Waals surface area (Å²) in [5.74, 6) is 0.223. The van der Waals surface area contributed by atoms with Crippen LogP contribution < -0.4 is 10.5 Å². The molecule has 0 spiro atoms. The Morgan fingerprint density at radius 2 is 2.06 bits per heavy atom. The van der Waals surface area contributed by atoms with Crippen molar-refractivity contribution < 1.29 is 4.21 Å². The molecule has 0 aliphatic heterocycles. The Balaban J connectivity index is 2.62. The van der Waals surface area contributed by atoms with Crippen molar-refractivity contribution in [2.45, 2.75) is 25.2 Å². The molecule has 3 N–H and O–H groups in total. The van der Waals surface area contributed by atoms with E-state index in [0.717, 1.165) is 12.0 Å². The van der Waals surface area contributed by atoms with Gasteiger partial charge in [-0.1, -0.05) is 24.6 Å². The van der Waals surface area contributed by atoms with E-state index in [4.69, 9.17) is 5.73 Å². The molecule has 1 atom stereocenters. The maximum absolute atomic E-state index is 11.8. The minimum absolute atomic E-state index is 0.223. The van der Waals surface area contributed by atoms with E-state index in [1.165, 1.54) is 0 Å². The molecule has 0 heterocycles. The average molecular weight is 239 g/mol. The summed E-state index contributed by atoms with van der Waals surface area (Å²) in [6, 6.07) is 7.44. The zero-order valence-electron chi connectivity index (χ0n) is 9.56. The normalized spacial score (nSPS) is 13.5. The highest BCUT2D eigenvalue weighted by atomic mass is 32.2. The number of aliphatic imine (C=N–C) groups is 1. The van der Waals surface area contributed by atoms with Gasteiger partial charge in [-0.25, -0.2) is 4.21 Å². The van der Waals surface area contributed by atoms with Gasteiger partial charge in [-0.15, -0.1) is 0 Å². The van der Waals surface area contributed by atoms with Crippen LogP contribution in [0.1, 0.15) is 18.9 Å². The highest BCUT2D eigenvalue weighted by Crippen LogP contribution is 2.06. The van der Waals surface area contributed by atoms with E-state index in [1.807, 2.05) is 38.1 Å². The van der Waals surface area contributed by atoms with Gasteiger partial charge in [-0.2, -0.15) is 0 Å². The van der Waals surface area contributed by atoms with E-state index >= 15 is 0 Å². The number of nitrogens with two attached hydrogens (primary N) is 1. The highest BCUT2D eigenvalue weighted by Gasteiger charge is 2.03. The Labute approximate surface area is 98.6 Å². The summed E-state index contributed by atoms with van der Waals surface area (Å²) >= 11 is 0. The molecule has 4 nitrogen and oxygen atoms in total. The summed E-state index contributed by atoms with van der Waals surface area (Å²) in [7, 11) is -1.33. The molecule has 0 amide bonds. The van der Waals surface area contributed by atoms with E-state index in [9.17, 15) is 4.21 Å². The first kappa shape index (κ1) is 12.7. The molecule has 0 bridgehead atoms. The molecule has 0 fully saturated rings. The van der Waals surface area contributed by atoms with E-state index < -0.39 is 11.0 Å². The van der Waals surface area contributed by atoms with Gasteiger partial charge in [-0.3, -0.25) is 9.71 Å². The summed E-state index contributed by atoms with van der Waals surface area (Å²) in [6.07, 6.45) is 0.916. The van der Waals surface area contributed by atoms with Crippen LogP contribution in [-0.4, -0.2) is 16.7 Å². The molecule has 0 aromatic heterocycles. The second-order valence-electron chi connectivity index (χ2n) is 3.45. The zero-order valence-corrected chi connectivity index (χ0v) is 10.4. The molecule has 5 heteroatoms. The molecule has 16 heavy (non-hydrogen) atoms. The Bertz CT molecular complexity index is 387. The summed E-state index contributed by atoms with van der Waals surface area (Å²) in [4.78, 5) is 4.71. The van der Waals surface area contributed by atoms with Crippen molar-refractivity contribution in [3.63, 3.8) is 0 Å². The lowest BCUT2D eigenvalue weighted by atomic mass is 10.2. The Morgan fingerprint density at radius 3 is 2.62 bits per heavy atom. The minimum Gasteiger partial charge on any atom is -0.369 e. The molecule has 1 unspecified atom stereocenters. The molecule has 0 saturated carbocycles. The summed E-state index contributed by atoms with van der Waals surface area (Å²) < 4.78 is 14.4. The minimum atomic E-state index is -1.33. The van der Waals surface area contributed by atoms with Gasteiger partial charge in [0.25, 0.3) is 0 Å². The lowest BCUT2D eigenvalue weighted by molar-refractivity contribution is 0.680. The molecule has 1 aromatic carbocycles. The summed E-state index contributed by atoms with van der Waals surface area (Å²) in [5, 5.41) is 0. The monoisotopic (exact) mass is 239 g/mol. The van der Waals surface area contributed by atoms with Crippen LogP contribution in [0.5, 0.6) is 0 Å². The molecule has 88 valence electrons. The number of aryl methyl sites for hydroxylation is 1. The fourth-order valence-corrected chi connectivity index (χ4v) is 1.84. The number of nitrogens with one attached hydrogen (secondary N) is 1. The van der Waals surface area contributed by atoms with Crippen LogP contribution >= 0.6 is 0 Å². The lowest BCUT2D eigenvalue weighted by Crippen LogP contribution is -2.33. The summed E-state index contributed by atoms with van der Waals surface area (Å²) in [5.41, 5.74) is 6.71. The van der Waals surface area contributed by atoms with Crippen molar-refractivity contribution in [1.29, 1.82) is 0 Å². The highest BCUT2D eigenvalue weighted by molar-refractivity contribution is 7.83. The van der Waals surface area contributed by atoms with Gasteiger partial charge in [0.2, 0.25) is 5.96 Å². The number of rotatable bonds is 4. The van der Waals surface area contributed by atoms with Gasteiger partial charge in [-0.05, 0) is 25.5 Å². The maximum atomic E-state index is 11.8. The molecule has 0 aliphatic rings. The van der Waals surface area contributed by atoms with E-state index in [0.29, 0.717) is 11.4 Å². The number of guanidine groups is 1. The number of hydrogen-bond donors (Lipinski definition) is 2. The third-order valence-electron chi connectivity index (χ3n) is 1.94. The van der Waals surface area contributed by atoms with Crippen LogP contribution in [0.15, 0.2) is 34.2 Å². The summed E-state index contributed by atoms with van der Waals surface area (Å²) in [6.45, 7) is 4.63. The van der Waals surface area contributed by atoms with Crippen LogP contribution in [-0.2, 0) is 11.0 Å². The maximum Gasteiger partial charge on any atom is 0.200 e. The van der Waals surface area contributed by atoms with Crippen molar-refractivity contribution in [1.82, 2.24) is 4.72 Å². The Kier molecular flexibility index (Phi) is 4.98. The van der Waals surface area contributed by atoms with Gasteiger partial charge in [0.05, 0.1) is 4.90 Å². The van der Waals surface area contributed by atoms with Crippen molar-refractivity contribution in [3.05, 3.63) is 29.8 Å². The quantitative estimate of drug-likeness (QED) is 0.615. The first-order chi connectivity index (χ1) is 7.63. The van der Waals surface area contributed by atoms with Crippen LogP contribution in [0.2, 0.25) is 0 Å². The van der Waals surface area contributed by atoms with Gasteiger partial charge in [0.1, 0.15) is 0 Å². The molecule has 0 radical (unpaired) electrons. The molecule has 1 aromatic rings. The lowest BCUT2D eigenvalue weighted by Gasteiger charge is -2.05. The van der Waals surface area contributed by atoms with Crippen molar-refractivity contribution in [3.8, 4) is 0 Å². The third-order valence-corrected chi connectivity index (χ3v) is 3.03. The second kappa shape index (κ2) is 6.27. The molecular weight excluding hydrogens is 222 g/mol. The SMILES string of the molecule is CCCN=C(N)NS(=O)c1ccc(C)cc1. The molecule has 0 aliphatic carbocycles. The first-order valence-electron chi connectivity index (χ1n) is 5.18. The largest absolute Gasteiger partial charge is 0.369 e. The number of nitrogens with zero attached hydrogens (tertiary/aromatic N) is 1. The zero-order chi connectivity index (χ0) is 12.0. The predicted octanol–water partition coefficient (Wildman–Crippen LogP) is 1.33. The molecular formula is C11H17N3OS. The standard InChI is InChI=1S/C11H17N3OS/c1-3-8-13-11(12)14-16(15)10-6-4-9(2)5-7-10/h4-7H,3,8H2,1-2H3,(H3,12,13,14). The molecule has 1 rings (SSSR count). The van der Waals surface area contributed by atoms with Gasteiger partial charge in [0, 0.05) is 6.54 Å². The smallest absolute Gasteiger partial charge is 0.200 e. The van der Waals surface area contributed by atoms with Gasteiger partial charge in [0.15, 0.2) is 11.0 Å². The van der Waals surface area contributed by atoms with Crippen LogP contribution in [0, 0.1) is 6.92 Å². The Morgan fingerprint density at radius 1 is 1.44 bits per heavy atom. The fourth-order valence-electron chi connectivity index (χ4n) is 1.08. The third kappa shape index (κ3) is 4.02. The van der Waals surface area contributed by atoms with Crippen molar-refractivity contribution >= 4 is 16.9 Å². The number of benzene rings is 1. The first-order valence-corrected chi connectivity index (χ1v) is 6.33. The second-order valence-corrected chi connectivity index (χ2v) is 4.66. The van der Waals surface area contributed by atoms with E-state index in [-0.39, 0.29) is 5.96 Å². The van der Waals surface area contributed by atoms with Crippen molar-refractivity contribution in [2.75, 3.05) is 6.54 Å². The Hall–Kier alpha value is -1.36. The number of hydrogen-bond acceptors (Lipinski definition) is 2. The van der Waals surface area contributed by atoms with Gasteiger partial charge < -0.3 is 5.73 Å². The van der Waals surface area contributed by atoms with E-state index in [2.05, 4.69) is 9.71 Å². The predicted molar refractivity (Wildman–Crippen MR) is 67.5 cm³/mol. The topological polar surface area (TPSA) is 67.5 Å². The fraction of sp³-hybridized carbons (Fsp3) is 0.364. The van der Waals surface area contributed by atoms with Crippen LogP contribution in [0.3, 0.4) is 0 Å². The van der Waals surface area contributed by atoms with Gasteiger partial charge >= 0.3 is 0 Å². The average Bonchev–Trinajstić information content (AvgIpc) is 2.27. The van der Waals surface area contributed by atoms with Crippen molar-refractivity contribution in [2.24, 2.45) is 10.7 Å². The van der Waals surface area contributed by atoms with Crippen LogP contribution in [0.25, 0.3) is 0 Å². The molecule has 0 saturated heterocycles. The van der Waals surface area contributed by atoms with E-state index in [1.54, 1.807) is 0 Å². The van der Waals surface area contributed by atoms with Crippen LogP contribution in [0.4, 0.5) is 0 Å².